The van der Waals surface area contributed by atoms with Crippen LogP contribution in [0.15, 0.2) is 78.9 Å². The topological polar surface area (TPSA) is 79.9 Å². The van der Waals surface area contributed by atoms with Crippen LogP contribution in [-0.2, 0) is 11.2 Å². The third-order valence-corrected chi connectivity index (χ3v) is 5.74. The van der Waals surface area contributed by atoms with Crippen molar-refractivity contribution in [1.82, 2.24) is 10.2 Å². The summed E-state index contributed by atoms with van der Waals surface area (Å²) in [6.07, 6.45) is 0.737. The van der Waals surface area contributed by atoms with E-state index >= 15 is 0 Å². The fourth-order valence-electron chi connectivity index (χ4n) is 3.68. The average molecular weight is 490 g/mol. The highest BCUT2D eigenvalue weighted by Crippen LogP contribution is 2.19. The summed E-state index contributed by atoms with van der Waals surface area (Å²) in [7, 11) is 0. The van der Waals surface area contributed by atoms with Gasteiger partial charge in [-0.1, -0.05) is 42.5 Å². The zero-order valence-electron chi connectivity index (χ0n) is 19.2. The number of benzene rings is 3. The van der Waals surface area contributed by atoms with Gasteiger partial charge < -0.3 is 19.7 Å². The third kappa shape index (κ3) is 6.88. The predicted molar refractivity (Wildman–Crippen MR) is 139 cm³/mol. The van der Waals surface area contributed by atoms with E-state index in [1.807, 2.05) is 36.4 Å². The largest absolute Gasteiger partial charge is 0.492 e. The summed E-state index contributed by atoms with van der Waals surface area (Å²) in [5.41, 5.74) is 2.82. The van der Waals surface area contributed by atoms with E-state index in [-0.39, 0.29) is 16.9 Å². The Morgan fingerprint density at radius 1 is 0.914 bits per heavy atom. The van der Waals surface area contributed by atoms with E-state index in [9.17, 15) is 9.59 Å². The monoisotopic (exact) mass is 489 g/mol. The second-order valence-corrected chi connectivity index (χ2v) is 8.38. The molecule has 0 radical (unpaired) electrons. The number of thiocarbonyl (C=S) groups is 1. The number of nitrogens with one attached hydrogen (secondary N) is 2. The van der Waals surface area contributed by atoms with Crippen molar-refractivity contribution in [3.05, 3.63) is 95.6 Å². The molecule has 1 aliphatic heterocycles. The first kappa shape index (κ1) is 24.4. The van der Waals surface area contributed by atoms with E-state index in [2.05, 4.69) is 10.6 Å². The zero-order chi connectivity index (χ0) is 24.5. The van der Waals surface area contributed by atoms with E-state index in [1.54, 1.807) is 47.4 Å². The molecule has 3 aromatic rings. The maximum Gasteiger partial charge on any atom is 0.261 e. The number of nitrogens with zero attached hydrogens (tertiary/aromatic N) is 1. The summed E-state index contributed by atoms with van der Waals surface area (Å²) in [6.45, 7) is 2.74. The van der Waals surface area contributed by atoms with Gasteiger partial charge in [0.2, 0.25) is 0 Å². The van der Waals surface area contributed by atoms with Gasteiger partial charge in [0.15, 0.2) is 5.11 Å². The molecule has 1 heterocycles. The van der Waals surface area contributed by atoms with Crippen LogP contribution >= 0.6 is 12.2 Å². The number of amides is 2. The molecule has 0 bridgehead atoms. The quantitative estimate of drug-likeness (QED) is 0.490. The first-order valence-electron chi connectivity index (χ1n) is 11.5. The van der Waals surface area contributed by atoms with Gasteiger partial charge in [-0.15, -0.1) is 0 Å². The second kappa shape index (κ2) is 12.1. The maximum atomic E-state index is 12.8. The Morgan fingerprint density at radius 2 is 1.60 bits per heavy atom. The van der Waals surface area contributed by atoms with Crippen molar-refractivity contribution < 1.29 is 19.1 Å². The SMILES string of the molecule is O=C(NC(=S)Nc1ccc(C(=O)N2CCOCC2)cc1)c1ccccc1OCCc1ccccc1. The summed E-state index contributed by atoms with van der Waals surface area (Å²) < 4.78 is 11.2. The number of ether oxygens (including phenoxy) is 2. The highest BCUT2D eigenvalue weighted by atomic mass is 32.1. The van der Waals surface area contributed by atoms with Gasteiger partial charge in [-0.05, 0) is 54.2 Å². The standard InChI is InChI=1S/C27H27N3O4S/c31-25(23-8-4-5-9-24(23)34-17-14-20-6-2-1-3-7-20)29-27(35)28-22-12-10-21(11-13-22)26(32)30-15-18-33-19-16-30/h1-13H,14-19H2,(H2,28,29,31,35). The van der Waals surface area contributed by atoms with E-state index in [0.29, 0.717) is 55.5 Å². The molecule has 0 atom stereocenters. The van der Waals surface area contributed by atoms with Gasteiger partial charge in [-0.3, -0.25) is 14.9 Å². The van der Waals surface area contributed by atoms with Crippen LogP contribution in [0.5, 0.6) is 5.75 Å². The lowest BCUT2D eigenvalue weighted by Gasteiger charge is -2.26. The normalized spacial score (nSPS) is 13.1. The zero-order valence-corrected chi connectivity index (χ0v) is 20.1. The molecule has 2 N–H and O–H groups in total. The van der Waals surface area contributed by atoms with E-state index in [4.69, 9.17) is 21.7 Å². The van der Waals surface area contributed by atoms with Gasteiger partial charge in [0, 0.05) is 30.8 Å². The highest BCUT2D eigenvalue weighted by Gasteiger charge is 2.18. The Kier molecular flexibility index (Phi) is 8.43. The number of morpholine rings is 1. The molecular weight excluding hydrogens is 462 g/mol. The maximum absolute atomic E-state index is 12.8. The molecule has 0 aliphatic carbocycles. The molecule has 0 saturated carbocycles. The summed E-state index contributed by atoms with van der Waals surface area (Å²) in [6, 6.07) is 24.1. The lowest BCUT2D eigenvalue weighted by atomic mass is 10.1. The van der Waals surface area contributed by atoms with Gasteiger partial charge in [0.05, 0.1) is 25.4 Å². The molecule has 0 aromatic heterocycles. The lowest BCUT2D eigenvalue weighted by molar-refractivity contribution is 0.0303. The first-order chi connectivity index (χ1) is 17.1. The Hall–Kier alpha value is -3.75. The van der Waals surface area contributed by atoms with Crippen LogP contribution < -0.4 is 15.4 Å². The smallest absolute Gasteiger partial charge is 0.261 e. The van der Waals surface area contributed by atoms with Crippen LogP contribution in [0, 0.1) is 0 Å². The van der Waals surface area contributed by atoms with Crippen molar-refractivity contribution in [3.63, 3.8) is 0 Å². The molecule has 7 nitrogen and oxygen atoms in total. The van der Waals surface area contributed by atoms with E-state index < -0.39 is 0 Å². The summed E-state index contributed by atoms with van der Waals surface area (Å²) in [5, 5.41) is 5.83. The van der Waals surface area contributed by atoms with E-state index in [1.165, 1.54) is 0 Å². The molecule has 180 valence electrons. The Balaban J connectivity index is 1.30. The van der Waals surface area contributed by atoms with Gasteiger partial charge >= 0.3 is 0 Å². The van der Waals surface area contributed by atoms with Crippen molar-refractivity contribution in [2.75, 3.05) is 38.2 Å². The van der Waals surface area contributed by atoms with Crippen LogP contribution in [0.1, 0.15) is 26.3 Å². The Morgan fingerprint density at radius 3 is 2.34 bits per heavy atom. The van der Waals surface area contributed by atoms with Crippen molar-refractivity contribution >= 4 is 34.8 Å². The van der Waals surface area contributed by atoms with Crippen molar-refractivity contribution in [2.24, 2.45) is 0 Å². The number of anilines is 1. The fourth-order valence-corrected chi connectivity index (χ4v) is 3.89. The van der Waals surface area contributed by atoms with Crippen molar-refractivity contribution in [3.8, 4) is 5.75 Å². The minimum Gasteiger partial charge on any atom is -0.492 e. The molecule has 8 heteroatoms. The first-order valence-corrected chi connectivity index (χ1v) is 11.9. The van der Waals surface area contributed by atoms with Crippen LogP contribution in [0.4, 0.5) is 5.69 Å². The predicted octanol–water partition coefficient (Wildman–Crippen LogP) is 3.91. The molecule has 1 fully saturated rings. The molecule has 3 aromatic carbocycles. The van der Waals surface area contributed by atoms with Crippen LogP contribution in [-0.4, -0.2) is 54.7 Å². The summed E-state index contributed by atoms with van der Waals surface area (Å²) in [5.74, 6) is 0.103. The Bertz CT molecular complexity index is 1160. The molecule has 1 aliphatic rings. The number of hydrogen-bond acceptors (Lipinski definition) is 5. The summed E-state index contributed by atoms with van der Waals surface area (Å²) >= 11 is 5.32. The fraction of sp³-hybridized carbons (Fsp3) is 0.222. The molecule has 0 spiro atoms. The lowest BCUT2D eigenvalue weighted by Crippen LogP contribution is -2.40. The van der Waals surface area contributed by atoms with Gasteiger partial charge in [0.1, 0.15) is 5.75 Å². The molecular formula is C27H27N3O4S. The van der Waals surface area contributed by atoms with Gasteiger partial charge in [-0.2, -0.15) is 0 Å². The van der Waals surface area contributed by atoms with E-state index in [0.717, 1.165) is 12.0 Å². The molecule has 35 heavy (non-hydrogen) atoms. The minimum absolute atomic E-state index is 0.0281. The Labute approximate surface area is 210 Å². The number of rotatable bonds is 7. The number of carbonyl (C=O) groups is 2. The van der Waals surface area contributed by atoms with Crippen molar-refractivity contribution in [2.45, 2.75) is 6.42 Å². The molecule has 2 amide bonds. The van der Waals surface area contributed by atoms with Crippen molar-refractivity contribution in [1.29, 1.82) is 0 Å². The number of carbonyl (C=O) groups excluding carboxylic acids is 2. The molecule has 0 unspecified atom stereocenters. The van der Waals surface area contributed by atoms with Crippen LogP contribution in [0.3, 0.4) is 0 Å². The van der Waals surface area contributed by atoms with Gasteiger partial charge in [0.25, 0.3) is 11.8 Å². The number of hydrogen-bond donors (Lipinski definition) is 2. The summed E-state index contributed by atoms with van der Waals surface area (Å²) in [4.78, 5) is 27.2. The minimum atomic E-state index is -0.364. The third-order valence-electron chi connectivity index (χ3n) is 5.54. The highest BCUT2D eigenvalue weighted by molar-refractivity contribution is 7.80. The average Bonchev–Trinajstić information content (AvgIpc) is 2.90. The number of para-hydroxylation sites is 1. The van der Waals surface area contributed by atoms with Crippen LogP contribution in [0.25, 0.3) is 0 Å². The van der Waals surface area contributed by atoms with Crippen LogP contribution in [0.2, 0.25) is 0 Å². The molecule has 1 saturated heterocycles. The molecule has 4 rings (SSSR count). The van der Waals surface area contributed by atoms with Gasteiger partial charge in [-0.25, -0.2) is 0 Å². The second-order valence-electron chi connectivity index (χ2n) is 7.97.